The number of nitrogens with zero attached hydrogens (tertiary/aromatic N) is 1. The van der Waals surface area contributed by atoms with Gasteiger partial charge in [-0.2, -0.15) is 0 Å². The van der Waals surface area contributed by atoms with E-state index >= 15 is 0 Å². The average Bonchev–Trinajstić information content (AvgIpc) is 2.61. The Balaban J connectivity index is 2.53. The summed E-state index contributed by atoms with van der Waals surface area (Å²) in [6, 6.07) is 8.42. The van der Waals surface area contributed by atoms with Gasteiger partial charge in [-0.25, -0.2) is 0 Å². The molecule has 0 aliphatic heterocycles. The maximum atomic E-state index is 8.97. The molecule has 92 valence electrons. The molecule has 0 bridgehead atoms. The summed E-state index contributed by atoms with van der Waals surface area (Å²) in [5, 5.41) is 10.3. The highest BCUT2D eigenvalue weighted by Crippen LogP contribution is 2.26. The minimum Gasteiger partial charge on any atom is -0.396 e. The van der Waals surface area contributed by atoms with Gasteiger partial charge in [-0.05, 0) is 37.9 Å². The van der Waals surface area contributed by atoms with Gasteiger partial charge in [-0.1, -0.05) is 18.2 Å². The molecule has 0 radical (unpaired) electrons. The number of fused-ring (bicyclic) bond motifs is 1. The van der Waals surface area contributed by atoms with E-state index in [-0.39, 0.29) is 6.61 Å². The van der Waals surface area contributed by atoms with Gasteiger partial charge in [-0.3, -0.25) is 0 Å². The van der Waals surface area contributed by atoms with Crippen LogP contribution in [0.25, 0.3) is 10.9 Å². The quantitative estimate of drug-likeness (QED) is 0.826. The van der Waals surface area contributed by atoms with Crippen LogP contribution in [-0.4, -0.2) is 22.8 Å². The topological polar surface area (TPSA) is 51.2 Å². The first kappa shape index (κ1) is 12.1. The molecule has 2 aromatic rings. The Labute approximate surface area is 102 Å². The number of aliphatic hydroxyl groups is 1. The van der Waals surface area contributed by atoms with Crippen LogP contribution in [0.5, 0.6) is 0 Å². The molecule has 0 fully saturated rings. The SMILES string of the molecule is Cc1c(CCN)c2ccccc2n1CCCO. The van der Waals surface area contributed by atoms with Crippen LogP contribution in [0.15, 0.2) is 24.3 Å². The van der Waals surface area contributed by atoms with Gasteiger partial charge >= 0.3 is 0 Å². The van der Waals surface area contributed by atoms with Crippen LogP contribution in [-0.2, 0) is 13.0 Å². The molecule has 3 N–H and O–H groups in total. The van der Waals surface area contributed by atoms with Crippen LogP contribution in [0, 0.1) is 6.92 Å². The van der Waals surface area contributed by atoms with E-state index in [9.17, 15) is 0 Å². The third kappa shape index (κ3) is 2.21. The van der Waals surface area contributed by atoms with Crippen molar-refractivity contribution in [2.45, 2.75) is 26.3 Å². The summed E-state index contributed by atoms with van der Waals surface area (Å²) in [4.78, 5) is 0. The fourth-order valence-electron chi connectivity index (χ4n) is 2.48. The van der Waals surface area contributed by atoms with E-state index in [2.05, 4.69) is 35.8 Å². The van der Waals surface area contributed by atoms with Crippen molar-refractivity contribution in [2.24, 2.45) is 5.73 Å². The number of rotatable bonds is 5. The molecule has 0 aliphatic rings. The van der Waals surface area contributed by atoms with E-state index in [1.54, 1.807) is 0 Å². The number of nitrogens with two attached hydrogens (primary N) is 1. The van der Waals surface area contributed by atoms with Crippen molar-refractivity contribution in [3.63, 3.8) is 0 Å². The smallest absolute Gasteiger partial charge is 0.0485 e. The Kier molecular flexibility index (Phi) is 3.82. The molecule has 0 unspecified atom stereocenters. The third-order valence-electron chi connectivity index (χ3n) is 3.30. The summed E-state index contributed by atoms with van der Waals surface area (Å²) in [5.41, 5.74) is 9.56. The zero-order chi connectivity index (χ0) is 12.3. The zero-order valence-corrected chi connectivity index (χ0v) is 10.3. The lowest BCUT2D eigenvalue weighted by molar-refractivity contribution is 0.280. The molecule has 0 amide bonds. The van der Waals surface area contributed by atoms with Crippen molar-refractivity contribution in [2.75, 3.05) is 13.2 Å². The van der Waals surface area contributed by atoms with E-state index in [1.807, 2.05) is 0 Å². The zero-order valence-electron chi connectivity index (χ0n) is 10.3. The lowest BCUT2D eigenvalue weighted by Gasteiger charge is -2.07. The summed E-state index contributed by atoms with van der Waals surface area (Å²) >= 11 is 0. The van der Waals surface area contributed by atoms with Gasteiger partial charge in [0.1, 0.15) is 0 Å². The average molecular weight is 232 g/mol. The Bertz CT molecular complexity index is 502. The molecule has 0 saturated heterocycles. The number of aryl methyl sites for hydroxylation is 1. The molecule has 3 heteroatoms. The highest BCUT2D eigenvalue weighted by molar-refractivity contribution is 5.85. The molecule has 17 heavy (non-hydrogen) atoms. The van der Waals surface area contributed by atoms with E-state index in [1.165, 1.54) is 22.2 Å². The Morgan fingerprint density at radius 3 is 2.76 bits per heavy atom. The number of hydrogen-bond donors (Lipinski definition) is 2. The summed E-state index contributed by atoms with van der Waals surface area (Å²) in [6.07, 6.45) is 1.71. The predicted molar refractivity (Wildman–Crippen MR) is 71.1 cm³/mol. The molecular formula is C14H20N2O. The van der Waals surface area contributed by atoms with Gasteiger partial charge < -0.3 is 15.4 Å². The summed E-state index contributed by atoms with van der Waals surface area (Å²) in [5.74, 6) is 0. The number of aromatic nitrogens is 1. The fraction of sp³-hybridized carbons (Fsp3) is 0.429. The predicted octanol–water partition coefficient (Wildman–Crippen LogP) is 1.83. The summed E-state index contributed by atoms with van der Waals surface area (Å²) in [7, 11) is 0. The van der Waals surface area contributed by atoms with Gasteiger partial charge in [0.25, 0.3) is 0 Å². The van der Waals surface area contributed by atoms with E-state index in [0.29, 0.717) is 6.54 Å². The third-order valence-corrected chi connectivity index (χ3v) is 3.30. The van der Waals surface area contributed by atoms with Crippen LogP contribution in [0.1, 0.15) is 17.7 Å². The van der Waals surface area contributed by atoms with Gasteiger partial charge in [-0.15, -0.1) is 0 Å². The molecule has 2 rings (SSSR count). The summed E-state index contributed by atoms with van der Waals surface area (Å²) in [6.45, 7) is 3.92. The van der Waals surface area contributed by atoms with Gasteiger partial charge in [0.05, 0.1) is 0 Å². The normalized spacial score (nSPS) is 11.2. The van der Waals surface area contributed by atoms with Crippen molar-refractivity contribution in [1.82, 2.24) is 4.57 Å². The molecule has 1 aromatic heterocycles. The first-order valence-corrected chi connectivity index (χ1v) is 6.17. The van der Waals surface area contributed by atoms with Gasteiger partial charge in [0.2, 0.25) is 0 Å². The lowest BCUT2D eigenvalue weighted by Crippen LogP contribution is -2.06. The van der Waals surface area contributed by atoms with Crippen molar-refractivity contribution >= 4 is 10.9 Å². The van der Waals surface area contributed by atoms with Crippen LogP contribution in [0.4, 0.5) is 0 Å². The van der Waals surface area contributed by atoms with Gasteiger partial charge in [0.15, 0.2) is 0 Å². The second-order valence-electron chi connectivity index (χ2n) is 4.35. The largest absolute Gasteiger partial charge is 0.396 e. The monoisotopic (exact) mass is 232 g/mol. The molecule has 3 nitrogen and oxygen atoms in total. The molecule has 0 spiro atoms. The highest BCUT2D eigenvalue weighted by atomic mass is 16.3. The van der Waals surface area contributed by atoms with E-state index < -0.39 is 0 Å². The van der Waals surface area contributed by atoms with Crippen LogP contribution >= 0.6 is 0 Å². The Hall–Kier alpha value is -1.32. The Morgan fingerprint density at radius 1 is 1.29 bits per heavy atom. The summed E-state index contributed by atoms with van der Waals surface area (Å²) < 4.78 is 2.29. The van der Waals surface area contributed by atoms with Crippen molar-refractivity contribution in [3.8, 4) is 0 Å². The first-order chi connectivity index (χ1) is 8.29. The number of benzene rings is 1. The molecule has 1 heterocycles. The molecule has 1 aromatic carbocycles. The number of aliphatic hydroxyl groups excluding tert-OH is 1. The van der Waals surface area contributed by atoms with E-state index in [4.69, 9.17) is 10.8 Å². The number of hydrogen-bond acceptors (Lipinski definition) is 2. The maximum absolute atomic E-state index is 8.97. The minimum atomic E-state index is 0.234. The Morgan fingerprint density at radius 2 is 2.06 bits per heavy atom. The van der Waals surface area contributed by atoms with E-state index in [0.717, 1.165) is 19.4 Å². The van der Waals surface area contributed by atoms with Gasteiger partial charge in [0, 0.05) is 29.7 Å². The van der Waals surface area contributed by atoms with Crippen LogP contribution < -0.4 is 5.73 Å². The first-order valence-electron chi connectivity index (χ1n) is 6.17. The fourth-order valence-corrected chi connectivity index (χ4v) is 2.48. The molecule has 0 atom stereocenters. The lowest BCUT2D eigenvalue weighted by atomic mass is 10.1. The second kappa shape index (κ2) is 5.34. The maximum Gasteiger partial charge on any atom is 0.0485 e. The molecular weight excluding hydrogens is 212 g/mol. The second-order valence-corrected chi connectivity index (χ2v) is 4.35. The highest BCUT2D eigenvalue weighted by Gasteiger charge is 2.12. The van der Waals surface area contributed by atoms with Crippen molar-refractivity contribution in [3.05, 3.63) is 35.5 Å². The minimum absolute atomic E-state index is 0.234. The van der Waals surface area contributed by atoms with Crippen LogP contribution in [0.3, 0.4) is 0 Å². The van der Waals surface area contributed by atoms with Crippen LogP contribution in [0.2, 0.25) is 0 Å². The molecule has 0 saturated carbocycles. The number of para-hydroxylation sites is 1. The van der Waals surface area contributed by atoms with Crippen molar-refractivity contribution < 1.29 is 5.11 Å². The molecule has 0 aliphatic carbocycles. The van der Waals surface area contributed by atoms with Crippen molar-refractivity contribution in [1.29, 1.82) is 0 Å². The standard InChI is InChI=1S/C14H20N2O/c1-11-12(7-8-15)13-5-2-3-6-14(13)16(11)9-4-10-17/h2-3,5-6,17H,4,7-10,15H2,1H3.